The number of benzene rings is 2. The zero-order valence-electron chi connectivity index (χ0n) is 13.8. The first kappa shape index (κ1) is 16.3. The average molecular weight is 296 g/mol. The van der Waals surface area contributed by atoms with E-state index in [-0.39, 0.29) is 18.0 Å². The summed E-state index contributed by atoms with van der Waals surface area (Å²) < 4.78 is 5.51. The summed E-state index contributed by atoms with van der Waals surface area (Å²) in [5, 5.41) is 0. The number of ether oxygens (including phenoxy) is 1. The Labute approximate surface area is 133 Å². The molecule has 2 nitrogen and oxygen atoms in total. The van der Waals surface area contributed by atoms with Crippen LogP contribution in [0.3, 0.4) is 0 Å². The van der Waals surface area contributed by atoms with Crippen LogP contribution in [0.1, 0.15) is 44.4 Å². The van der Waals surface area contributed by atoms with Gasteiger partial charge in [-0.3, -0.25) is 4.79 Å². The number of hydrogen-bond acceptors (Lipinski definition) is 2. The Bertz CT molecular complexity index is 611. The predicted molar refractivity (Wildman–Crippen MR) is 90.6 cm³/mol. The van der Waals surface area contributed by atoms with Crippen molar-refractivity contribution in [3.8, 4) is 11.1 Å². The second-order valence-electron chi connectivity index (χ2n) is 5.88. The van der Waals surface area contributed by atoms with Crippen LogP contribution >= 0.6 is 0 Å². The van der Waals surface area contributed by atoms with Crippen LogP contribution in [0.25, 0.3) is 11.1 Å². The topological polar surface area (TPSA) is 26.3 Å². The van der Waals surface area contributed by atoms with Gasteiger partial charge in [-0.05, 0) is 37.0 Å². The summed E-state index contributed by atoms with van der Waals surface area (Å²) >= 11 is 0. The molecule has 2 rings (SSSR count). The maximum atomic E-state index is 11.9. The third kappa shape index (κ3) is 3.97. The Kier molecular flexibility index (Phi) is 5.37. The van der Waals surface area contributed by atoms with E-state index in [0.29, 0.717) is 0 Å². The van der Waals surface area contributed by atoms with E-state index in [2.05, 4.69) is 43.3 Å². The molecular formula is C20H24O2. The van der Waals surface area contributed by atoms with Gasteiger partial charge in [0, 0.05) is 0 Å². The van der Waals surface area contributed by atoms with Gasteiger partial charge in [0.15, 0.2) is 0 Å². The van der Waals surface area contributed by atoms with Crippen LogP contribution < -0.4 is 0 Å². The Morgan fingerprint density at radius 2 is 1.45 bits per heavy atom. The van der Waals surface area contributed by atoms with Crippen molar-refractivity contribution >= 4 is 5.97 Å². The van der Waals surface area contributed by atoms with E-state index < -0.39 is 0 Å². The summed E-state index contributed by atoms with van der Waals surface area (Å²) in [6.45, 7) is 7.89. The quantitative estimate of drug-likeness (QED) is 0.699. The molecular weight excluding hydrogens is 272 g/mol. The molecule has 2 atom stereocenters. The fourth-order valence-corrected chi connectivity index (χ4v) is 2.22. The lowest BCUT2D eigenvalue weighted by Crippen LogP contribution is -2.16. The minimum atomic E-state index is -0.214. The van der Waals surface area contributed by atoms with Gasteiger partial charge in [-0.1, -0.05) is 67.9 Å². The average Bonchev–Trinajstić information content (AvgIpc) is 2.54. The summed E-state index contributed by atoms with van der Waals surface area (Å²) in [4.78, 5) is 11.9. The molecule has 0 aliphatic rings. The molecule has 2 aromatic carbocycles. The number of hydrogen-bond donors (Lipinski definition) is 0. The first-order chi connectivity index (χ1) is 10.5. The number of rotatable bonds is 5. The second kappa shape index (κ2) is 7.26. The first-order valence-corrected chi connectivity index (χ1v) is 7.88. The number of esters is 1. The van der Waals surface area contributed by atoms with Crippen LogP contribution in [-0.2, 0) is 9.53 Å². The van der Waals surface area contributed by atoms with Crippen molar-refractivity contribution in [2.24, 2.45) is 5.92 Å². The van der Waals surface area contributed by atoms with E-state index >= 15 is 0 Å². The standard InChI is InChI=1S/C20H24O2/c1-5-15(3)20(21)22-16(4)17-10-12-19(13-11-17)18-8-6-14(2)7-9-18/h6-13,15-16H,5H2,1-4H3. The maximum Gasteiger partial charge on any atom is 0.309 e. The predicted octanol–water partition coefficient (Wildman–Crippen LogP) is 5.31. The summed E-state index contributed by atoms with van der Waals surface area (Å²) in [6, 6.07) is 16.7. The number of aryl methyl sites for hydroxylation is 1. The fraction of sp³-hybridized carbons (Fsp3) is 0.350. The molecule has 0 bridgehead atoms. The molecule has 0 radical (unpaired) electrons. The van der Waals surface area contributed by atoms with Gasteiger partial charge in [0.1, 0.15) is 6.10 Å². The van der Waals surface area contributed by atoms with Crippen molar-refractivity contribution in [3.05, 3.63) is 59.7 Å². The van der Waals surface area contributed by atoms with Crippen LogP contribution in [0, 0.1) is 12.8 Å². The molecule has 22 heavy (non-hydrogen) atoms. The van der Waals surface area contributed by atoms with Gasteiger partial charge < -0.3 is 4.74 Å². The minimum Gasteiger partial charge on any atom is -0.458 e. The van der Waals surface area contributed by atoms with Crippen molar-refractivity contribution in [1.82, 2.24) is 0 Å². The van der Waals surface area contributed by atoms with E-state index in [1.807, 2.05) is 32.9 Å². The molecule has 0 saturated heterocycles. The second-order valence-corrected chi connectivity index (χ2v) is 5.88. The summed E-state index contributed by atoms with van der Waals surface area (Å²) in [5.74, 6) is -0.174. The number of carbonyl (C=O) groups is 1. The minimum absolute atomic E-state index is 0.0470. The monoisotopic (exact) mass is 296 g/mol. The smallest absolute Gasteiger partial charge is 0.309 e. The molecule has 0 heterocycles. The van der Waals surface area contributed by atoms with Gasteiger partial charge in [0.2, 0.25) is 0 Å². The van der Waals surface area contributed by atoms with Crippen LogP contribution in [0.2, 0.25) is 0 Å². The van der Waals surface area contributed by atoms with Crippen LogP contribution in [0.15, 0.2) is 48.5 Å². The van der Waals surface area contributed by atoms with E-state index in [1.165, 1.54) is 16.7 Å². The molecule has 0 spiro atoms. The normalized spacial score (nSPS) is 13.5. The van der Waals surface area contributed by atoms with E-state index in [4.69, 9.17) is 4.74 Å². The lowest BCUT2D eigenvalue weighted by molar-refractivity contribution is -0.153. The lowest BCUT2D eigenvalue weighted by atomic mass is 10.0. The molecule has 0 aromatic heterocycles. The van der Waals surface area contributed by atoms with E-state index in [0.717, 1.165) is 12.0 Å². The maximum absolute atomic E-state index is 11.9. The van der Waals surface area contributed by atoms with Gasteiger partial charge in [-0.25, -0.2) is 0 Å². The zero-order chi connectivity index (χ0) is 16.1. The highest BCUT2D eigenvalue weighted by Gasteiger charge is 2.16. The molecule has 0 saturated carbocycles. The third-order valence-corrected chi connectivity index (χ3v) is 4.07. The summed E-state index contributed by atoms with van der Waals surface area (Å²) in [5.41, 5.74) is 4.64. The van der Waals surface area contributed by atoms with Gasteiger partial charge in [-0.15, -0.1) is 0 Å². The molecule has 0 aliphatic heterocycles. The van der Waals surface area contributed by atoms with E-state index in [1.54, 1.807) is 0 Å². The molecule has 0 N–H and O–H groups in total. The summed E-state index contributed by atoms with van der Waals surface area (Å²) in [6.07, 6.45) is 0.589. The highest BCUT2D eigenvalue weighted by molar-refractivity contribution is 5.72. The van der Waals surface area contributed by atoms with Crippen molar-refractivity contribution < 1.29 is 9.53 Å². The fourth-order valence-electron chi connectivity index (χ4n) is 2.22. The largest absolute Gasteiger partial charge is 0.458 e. The third-order valence-electron chi connectivity index (χ3n) is 4.07. The molecule has 0 aliphatic carbocycles. The molecule has 2 unspecified atom stereocenters. The molecule has 2 heteroatoms. The van der Waals surface area contributed by atoms with Crippen LogP contribution in [0.4, 0.5) is 0 Å². The van der Waals surface area contributed by atoms with Gasteiger partial charge >= 0.3 is 5.97 Å². The van der Waals surface area contributed by atoms with Crippen molar-refractivity contribution in [2.45, 2.75) is 40.2 Å². The highest BCUT2D eigenvalue weighted by Crippen LogP contribution is 2.24. The molecule has 116 valence electrons. The van der Waals surface area contributed by atoms with Crippen molar-refractivity contribution in [3.63, 3.8) is 0 Å². The highest BCUT2D eigenvalue weighted by atomic mass is 16.5. The van der Waals surface area contributed by atoms with Crippen LogP contribution in [-0.4, -0.2) is 5.97 Å². The summed E-state index contributed by atoms with van der Waals surface area (Å²) in [7, 11) is 0. The Morgan fingerprint density at radius 1 is 0.955 bits per heavy atom. The zero-order valence-corrected chi connectivity index (χ0v) is 13.8. The molecule has 2 aromatic rings. The van der Waals surface area contributed by atoms with Crippen LogP contribution in [0.5, 0.6) is 0 Å². The van der Waals surface area contributed by atoms with Gasteiger partial charge in [-0.2, -0.15) is 0 Å². The Morgan fingerprint density at radius 3 is 1.95 bits per heavy atom. The Hall–Kier alpha value is -2.09. The first-order valence-electron chi connectivity index (χ1n) is 7.88. The van der Waals surface area contributed by atoms with Gasteiger partial charge in [0.05, 0.1) is 5.92 Å². The molecule has 0 amide bonds. The lowest BCUT2D eigenvalue weighted by Gasteiger charge is -2.16. The van der Waals surface area contributed by atoms with Crippen molar-refractivity contribution in [2.75, 3.05) is 0 Å². The number of carbonyl (C=O) groups excluding carboxylic acids is 1. The van der Waals surface area contributed by atoms with Gasteiger partial charge in [0.25, 0.3) is 0 Å². The molecule has 0 fully saturated rings. The Balaban J connectivity index is 2.08. The van der Waals surface area contributed by atoms with E-state index in [9.17, 15) is 4.79 Å². The van der Waals surface area contributed by atoms with Crippen molar-refractivity contribution in [1.29, 1.82) is 0 Å². The SMILES string of the molecule is CCC(C)C(=O)OC(C)c1ccc(-c2ccc(C)cc2)cc1.